The van der Waals surface area contributed by atoms with Crippen LogP contribution in [-0.2, 0) is 24.3 Å². The molecule has 3 rings (SSSR count). The van der Waals surface area contributed by atoms with Gasteiger partial charge in [0.25, 0.3) is 0 Å². The molecule has 0 aliphatic carbocycles. The summed E-state index contributed by atoms with van der Waals surface area (Å²) in [6, 6.07) is 0. The van der Waals surface area contributed by atoms with Crippen molar-refractivity contribution in [2.75, 3.05) is 11.9 Å². The second-order valence-corrected chi connectivity index (χ2v) is 6.14. The molecule has 2 aliphatic rings. The van der Waals surface area contributed by atoms with Crippen molar-refractivity contribution in [3.05, 3.63) is 11.6 Å². The summed E-state index contributed by atoms with van der Waals surface area (Å²) in [5, 5.41) is 9.48. The van der Waals surface area contributed by atoms with Crippen LogP contribution in [0.25, 0.3) is 0 Å². The van der Waals surface area contributed by atoms with Crippen LogP contribution < -0.4 is 0 Å². The lowest BCUT2D eigenvalue weighted by atomic mass is 10.2. The van der Waals surface area contributed by atoms with Gasteiger partial charge in [-0.1, -0.05) is 22.4 Å². The Morgan fingerprint density at radius 3 is 2.95 bits per heavy atom. The van der Waals surface area contributed by atoms with E-state index in [1.54, 1.807) is 0 Å². The molecular weight excluding hydrogens is 308 g/mol. The molecule has 0 bridgehead atoms. The highest BCUT2D eigenvalue weighted by molar-refractivity contribution is 9.09. The van der Waals surface area contributed by atoms with Crippen LogP contribution in [0.2, 0.25) is 0 Å². The van der Waals surface area contributed by atoms with Gasteiger partial charge in [0.2, 0.25) is 5.91 Å². The predicted octanol–water partition coefficient (Wildman–Crippen LogP) is 1.75. The van der Waals surface area contributed by atoms with Gasteiger partial charge in [-0.2, -0.15) is 0 Å². The van der Waals surface area contributed by atoms with E-state index in [1.807, 2.05) is 4.90 Å². The van der Waals surface area contributed by atoms with E-state index in [9.17, 15) is 4.79 Å². The minimum absolute atomic E-state index is 0.246. The molecule has 0 spiro atoms. The van der Waals surface area contributed by atoms with Crippen LogP contribution in [0.15, 0.2) is 0 Å². The van der Waals surface area contributed by atoms with Crippen molar-refractivity contribution in [3.63, 3.8) is 0 Å². The van der Waals surface area contributed by atoms with E-state index in [0.29, 0.717) is 18.9 Å². The number of likely N-dealkylation sites (tertiary alicyclic amines) is 1. The van der Waals surface area contributed by atoms with Gasteiger partial charge in [-0.15, -0.1) is 10.2 Å². The lowest BCUT2D eigenvalue weighted by Gasteiger charge is -2.16. The Morgan fingerprint density at radius 1 is 1.26 bits per heavy atom. The second kappa shape index (κ2) is 5.61. The van der Waals surface area contributed by atoms with Gasteiger partial charge in [-0.25, -0.2) is 0 Å². The number of aryl methyl sites for hydroxylation is 1. The average molecular weight is 327 g/mol. The molecule has 104 valence electrons. The minimum Gasteiger partial charge on any atom is -0.335 e. The van der Waals surface area contributed by atoms with E-state index in [2.05, 4.69) is 30.7 Å². The highest BCUT2D eigenvalue weighted by Crippen LogP contribution is 2.22. The zero-order valence-electron chi connectivity index (χ0n) is 11.0. The number of fused-ring (bicyclic) bond motifs is 1. The second-order valence-electron chi connectivity index (χ2n) is 5.49. The third kappa shape index (κ3) is 2.68. The normalized spacial score (nSPS) is 23.5. The number of carbonyl (C=O) groups is 1. The van der Waals surface area contributed by atoms with E-state index in [1.165, 1.54) is 19.3 Å². The molecule has 0 radical (unpaired) electrons. The zero-order valence-corrected chi connectivity index (χ0v) is 12.6. The Kier molecular flexibility index (Phi) is 3.86. The first-order chi connectivity index (χ1) is 9.28. The molecule has 1 aromatic rings. The summed E-state index contributed by atoms with van der Waals surface area (Å²) in [4.78, 5) is 13.9. The van der Waals surface area contributed by atoms with Gasteiger partial charge in [0.1, 0.15) is 5.82 Å². The van der Waals surface area contributed by atoms with E-state index in [-0.39, 0.29) is 5.91 Å². The number of amides is 1. The Morgan fingerprint density at radius 2 is 2.16 bits per heavy atom. The molecule has 1 saturated heterocycles. The topological polar surface area (TPSA) is 51.0 Å². The summed E-state index contributed by atoms with van der Waals surface area (Å²) >= 11 is 3.47. The summed E-state index contributed by atoms with van der Waals surface area (Å²) in [5.41, 5.74) is 0. The summed E-state index contributed by atoms with van der Waals surface area (Å²) in [6.45, 7) is 2.46. The molecule has 6 heteroatoms. The van der Waals surface area contributed by atoms with Gasteiger partial charge in [0, 0.05) is 31.3 Å². The van der Waals surface area contributed by atoms with E-state index >= 15 is 0 Å². The fourth-order valence-corrected chi connectivity index (χ4v) is 3.38. The van der Waals surface area contributed by atoms with Crippen molar-refractivity contribution in [1.29, 1.82) is 0 Å². The number of rotatable bonds is 3. The quantitative estimate of drug-likeness (QED) is 0.795. The van der Waals surface area contributed by atoms with Crippen LogP contribution in [-0.4, -0.2) is 37.4 Å². The summed E-state index contributed by atoms with van der Waals surface area (Å²) in [6.07, 6.45) is 5.33. The van der Waals surface area contributed by atoms with Gasteiger partial charge >= 0.3 is 0 Å². The molecule has 1 amide bonds. The largest absolute Gasteiger partial charge is 0.335 e. The van der Waals surface area contributed by atoms with Gasteiger partial charge < -0.3 is 9.47 Å². The molecule has 0 saturated carbocycles. The third-order valence-corrected chi connectivity index (χ3v) is 4.95. The molecule has 1 aromatic heterocycles. The Labute approximate surface area is 121 Å². The first-order valence-electron chi connectivity index (χ1n) is 7.02. The average Bonchev–Trinajstić information content (AvgIpc) is 2.86. The molecule has 5 nitrogen and oxygen atoms in total. The monoisotopic (exact) mass is 326 g/mol. The number of hydrogen-bond acceptors (Lipinski definition) is 3. The Balaban J connectivity index is 1.73. The maximum absolute atomic E-state index is 12.0. The van der Waals surface area contributed by atoms with E-state index in [0.717, 1.165) is 36.5 Å². The summed E-state index contributed by atoms with van der Waals surface area (Å²) in [5.74, 6) is 2.74. The van der Waals surface area contributed by atoms with Crippen molar-refractivity contribution in [3.8, 4) is 0 Å². The minimum atomic E-state index is 0.246. The van der Waals surface area contributed by atoms with Gasteiger partial charge in [-0.05, 0) is 18.8 Å². The number of aromatic nitrogens is 3. The maximum Gasteiger partial charge on any atom is 0.223 e. The van der Waals surface area contributed by atoms with Crippen LogP contribution >= 0.6 is 15.9 Å². The predicted molar refractivity (Wildman–Crippen MR) is 74.9 cm³/mol. The lowest BCUT2D eigenvalue weighted by molar-refractivity contribution is -0.128. The molecule has 0 N–H and O–H groups in total. The van der Waals surface area contributed by atoms with E-state index in [4.69, 9.17) is 0 Å². The van der Waals surface area contributed by atoms with Crippen LogP contribution in [0.3, 0.4) is 0 Å². The van der Waals surface area contributed by atoms with Gasteiger partial charge in [0.05, 0.1) is 6.54 Å². The van der Waals surface area contributed by atoms with Crippen LogP contribution in [0, 0.1) is 5.92 Å². The number of nitrogens with zero attached hydrogens (tertiary/aromatic N) is 4. The molecule has 1 fully saturated rings. The van der Waals surface area contributed by atoms with Crippen molar-refractivity contribution in [2.45, 2.75) is 45.2 Å². The number of alkyl halides is 1. The molecule has 0 aromatic carbocycles. The van der Waals surface area contributed by atoms with Gasteiger partial charge in [0.15, 0.2) is 5.82 Å². The molecular formula is C13H19BrN4O. The SMILES string of the molecule is O=C1CC(CBr)CN1Cc1nnc2n1CCCCC2. The molecule has 3 heterocycles. The number of halogens is 1. The van der Waals surface area contributed by atoms with Crippen molar-refractivity contribution in [1.82, 2.24) is 19.7 Å². The van der Waals surface area contributed by atoms with Crippen LogP contribution in [0.4, 0.5) is 0 Å². The van der Waals surface area contributed by atoms with Crippen molar-refractivity contribution >= 4 is 21.8 Å². The first-order valence-corrected chi connectivity index (χ1v) is 8.14. The number of carbonyl (C=O) groups excluding carboxylic acids is 1. The van der Waals surface area contributed by atoms with Crippen LogP contribution in [0.5, 0.6) is 0 Å². The maximum atomic E-state index is 12.0. The first kappa shape index (κ1) is 13.1. The fraction of sp³-hybridized carbons (Fsp3) is 0.769. The summed E-state index contributed by atoms with van der Waals surface area (Å²) in [7, 11) is 0. The Hall–Kier alpha value is -0.910. The molecule has 19 heavy (non-hydrogen) atoms. The van der Waals surface area contributed by atoms with Crippen molar-refractivity contribution < 1.29 is 4.79 Å². The smallest absolute Gasteiger partial charge is 0.223 e. The lowest BCUT2D eigenvalue weighted by Crippen LogP contribution is -2.26. The van der Waals surface area contributed by atoms with E-state index < -0.39 is 0 Å². The van der Waals surface area contributed by atoms with Crippen molar-refractivity contribution in [2.24, 2.45) is 5.92 Å². The third-order valence-electron chi connectivity index (χ3n) is 4.03. The molecule has 1 unspecified atom stereocenters. The zero-order chi connectivity index (χ0) is 13.2. The highest BCUT2D eigenvalue weighted by Gasteiger charge is 2.30. The Bertz CT molecular complexity index is 473. The summed E-state index contributed by atoms with van der Waals surface area (Å²) < 4.78 is 2.22. The van der Waals surface area contributed by atoms with Gasteiger partial charge in [-0.3, -0.25) is 4.79 Å². The number of hydrogen-bond donors (Lipinski definition) is 0. The van der Waals surface area contributed by atoms with Crippen LogP contribution in [0.1, 0.15) is 37.3 Å². The molecule has 2 aliphatic heterocycles. The fourth-order valence-electron chi connectivity index (χ4n) is 2.94. The molecule has 1 atom stereocenters. The highest BCUT2D eigenvalue weighted by atomic mass is 79.9. The standard InChI is InChI=1S/C13H19BrN4O/c14-7-10-6-13(19)17(8-10)9-12-16-15-11-4-2-1-3-5-18(11)12/h10H,1-9H2.